The van der Waals surface area contributed by atoms with E-state index in [4.69, 9.17) is 0 Å². The molecule has 0 aliphatic heterocycles. The summed E-state index contributed by atoms with van der Waals surface area (Å²) in [5.41, 5.74) is 1.64. The number of anilines is 1. The fraction of sp³-hybridized carbons (Fsp3) is 0.389. The van der Waals surface area contributed by atoms with Gasteiger partial charge in [0, 0.05) is 25.0 Å². The minimum atomic E-state index is -0.462. The molecule has 1 fully saturated rings. The number of carbonyl (C=O) groups excluding carboxylic acids is 2. The first-order chi connectivity index (χ1) is 11.6. The van der Waals surface area contributed by atoms with Crippen molar-refractivity contribution in [2.45, 2.75) is 38.6 Å². The number of benzene rings is 1. The van der Waals surface area contributed by atoms with Crippen molar-refractivity contribution >= 4 is 17.5 Å². The monoisotopic (exact) mass is 326 g/mol. The van der Waals surface area contributed by atoms with Crippen molar-refractivity contribution in [3.63, 3.8) is 0 Å². The predicted molar refractivity (Wildman–Crippen MR) is 91.8 cm³/mol. The standard InChI is InChI=1S/C18H22N4O2/c1-13(23)20-17(14-5-2-3-6-14)18(24)21-15-7-9-16(10-8-15)22-12-4-11-19-22/h4,7-12,14,17H,2-3,5-6H2,1H3,(H,20,23)(H,21,24). The summed E-state index contributed by atoms with van der Waals surface area (Å²) in [4.78, 5) is 24.0. The number of hydrogen-bond acceptors (Lipinski definition) is 3. The van der Waals surface area contributed by atoms with E-state index in [2.05, 4.69) is 15.7 Å². The molecule has 0 radical (unpaired) electrons. The van der Waals surface area contributed by atoms with Crippen molar-refractivity contribution in [1.29, 1.82) is 0 Å². The van der Waals surface area contributed by atoms with Gasteiger partial charge in [-0.05, 0) is 49.1 Å². The largest absolute Gasteiger partial charge is 0.344 e. The number of aromatic nitrogens is 2. The molecule has 0 saturated heterocycles. The van der Waals surface area contributed by atoms with Gasteiger partial charge in [0.25, 0.3) is 0 Å². The van der Waals surface area contributed by atoms with Gasteiger partial charge in [0.15, 0.2) is 0 Å². The molecule has 6 nitrogen and oxygen atoms in total. The zero-order chi connectivity index (χ0) is 16.9. The van der Waals surface area contributed by atoms with Gasteiger partial charge in [-0.2, -0.15) is 5.10 Å². The lowest BCUT2D eigenvalue weighted by Gasteiger charge is -2.23. The Bertz CT molecular complexity index is 688. The molecule has 1 aromatic heterocycles. The van der Waals surface area contributed by atoms with Crippen LogP contribution in [0.15, 0.2) is 42.7 Å². The highest BCUT2D eigenvalue weighted by Gasteiger charge is 2.31. The zero-order valence-corrected chi connectivity index (χ0v) is 13.7. The molecule has 1 aromatic carbocycles. The number of nitrogens with zero attached hydrogens (tertiary/aromatic N) is 2. The summed E-state index contributed by atoms with van der Waals surface area (Å²) in [5.74, 6) is -0.0998. The highest BCUT2D eigenvalue weighted by Crippen LogP contribution is 2.28. The van der Waals surface area contributed by atoms with Gasteiger partial charge in [-0.15, -0.1) is 0 Å². The van der Waals surface area contributed by atoms with Crippen LogP contribution < -0.4 is 10.6 Å². The molecule has 3 rings (SSSR count). The van der Waals surface area contributed by atoms with E-state index in [-0.39, 0.29) is 17.7 Å². The number of nitrogens with one attached hydrogen (secondary N) is 2. The van der Waals surface area contributed by atoms with Crippen LogP contribution in [0.4, 0.5) is 5.69 Å². The first-order valence-corrected chi connectivity index (χ1v) is 8.31. The second-order valence-electron chi connectivity index (χ2n) is 6.21. The number of amides is 2. The first kappa shape index (κ1) is 16.2. The lowest BCUT2D eigenvalue weighted by Crippen LogP contribution is -2.47. The van der Waals surface area contributed by atoms with E-state index >= 15 is 0 Å². The van der Waals surface area contributed by atoms with E-state index in [1.807, 2.05) is 36.5 Å². The summed E-state index contributed by atoms with van der Waals surface area (Å²) < 4.78 is 1.75. The zero-order valence-electron chi connectivity index (χ0n) is 13.7. The van der Waals surface area contributed by atoms with Crippen LogP contribution in [-0.2, 0) is 9.59 Å². The van der Waals surface area contributed by atoms with Crippen LogP contribution in [0.2, 0.25) is 0 Å². The van der Waals surface area contributed by atoms with Gasteiger partial charge >= 0.3 is 0 Å². The normalized spacial score (nSPS) is 15.9. The minimum Gasteiger partial charge on any atom is -0.344 e. The van der Waals surface area contributed by atoms with E-state index in [0.717, 1.165) is 31.4 Å². The van der Waals surface area contributed by atoms with Gasteiger partial charge in [-0.1, -0.05) is 12.8 Å². The van der Waals surface area contributed by atoms with Crippen molar-refractivity contribution < 1.29 is 9.59 Å². The number of rotatable bonds is 5. The Hall–Kier alpha value is -2.63. The Balaban J connectivity index is 1.68. The summed E-state index contributed by atoms with van der Waals surface area (Å²) in [7, 11) is 0. The number of hydrogen-bond donors (Lipinski definition) is 2. The highest BCUT2D eigenvalue weighted by molar-refractivity contribution is 5.97. The van der Waals surface area contributed by atoms with Crippen molar-refractivity contribution in [2.75, 3.05) is 5.32 Å². The molecule has 1 aliphatic rings. The van der Waals surface area contributed by atoms with Gasteiger partial charge in [-0.25, -0.2) is 4.68 Å². The average Bonchev–Trinajstić information content (AvgIpc) is 3.26. The average molecular weight is 326 g/mol. The molecule has 126 valence electrons. The summed E-state index contributed by atoms with van der Waals surface area (Å²) in [5, 5.41) is 9.90. The maximum absolute atomic E-state index is 12.6. The van der Waals surface area contributed by atoms with E-state index in [1.165, 1.54) is 6.92 Å². The van der Waals surface area contributed by atoms with Crippen LogP contribution in [0.3, 0.4) is 0 Å². The van der Waals surface area contributed by atoms with Crippen LogP contribution in [0.25, 0.3) is 5.69 Å². The molecule has 24 heavy (non-hydrogen) atoms. The topological polar surface area (TPSA) is 76.0 Å². The summed E-state index contributed by atoms with van der Waals surface area (Å²) in [6, 6.07) is 8.87. The van der Waals surface area contributed by atoms with Crippen LogP contribution >= 0.6 is 0 Å². The SMILES string of the molecule is CC(=O)NC(C(=O)Nc1ccc(-n2cccn2)cc1)C1CCCC1. The summed E-state index contributed by atoms with van der Waals surface area (Å²) in [6.45, 7) is 1.45. The van der Waals surface area contributed by atoms with Gasteiger partial charge in [0.2, 0.25) is 11.8 Å². The molecular weight excluding hydrogens is 304 g/mol. The van der Waals surface area contributed by atoms with Crippen molar-refractivity contribution in [3.8, 4) is 5.69 Å². The fourth-order valence-electron chi connectivity index (χ4n) is 3.25. The molecule has 1 unspecified atom stereocenters. The van der Waals surface area contributed by atoms with Crippen molar-refractivity contribution in [2.24, 2.45) is 5.92 Å². The second kappa shape index (κ2) is 7.29. The molecule has 1 heterocycles. The van der Waals surface area contributed by atoms with Crippen LogP contribution in [0, 0.1) is 5.92 Å². The molecule has 1 atom stereocenters. The highest BCUT2D eigenvalue weighted by atomic mass is 16.2. The Morgan fingerprint density at radius 3 is 2.50 bits per heavy atom. The smallest absolute Gasteiger partial charge is 0.247 e. The lowest BCUT2D eigenvalue weighted by molar-refractivity contribution is -0.126. The molecule has 2 amide bonds. The van der Waals surface area contributed by atoms with Crippen LogP contribution in [-0.4, -0.2) is 27.6 Å². The maximum Gasteiger partial charge on any atom is 0.247 e. The molecule has 2 aromatic rings. The predicted octanol–water partition coefficient (Wildman–Crippen LogP) is 2.51. The van der Waals surface area contributed by atoms with Gasteiger partial charge in [-0.3, -0.25) is 9.59 Å². The molecule has 0 spiro atoms. The first-order valence-electron chi connectivity index (χ1n) is 8.31. The van der Waals surface area contributed by atoms with Gasteiger partial charge in [0.1, 0.15) is 6.04 Å². The van der Waals surface area contributed by atoms with Crippen LogP contribution in [0.5, 0.6) is 0 Å². The molecule has 1 aliphatic carbocycles. The van der Waals surface area contributed by atoms with Crippen molar-refractivity contribution in [3.05, 3.63) is 42.7 Å². The van der Waals surface area contributed by atoms with Gasteiger partial charge in [0.05, 0.1) is 5.69 Å². The quantitative estimate of drug-likeness (QED) is 0.886. The molecule has 0 bridgehead atoms. The fourth-order valence-corrected chi connectivity index (χ4v) is 3.25. The molecule has 6 heteroatoms. The van der Waals surface area contributed by atoms with E-state index in [0.29, 0.717) is 5.69 Å². The second-order valence-corrected chi connectivity index (χ2v) is 6.21. The third-order valence-corrected chi connectivity index (χ3v) is 4.42. The maximum atomic E-state index is 12.6. The van der Waals surface area contributed by atoms with Crippen LogP contribution in [0.1, 0.15) is 32.6 Å². The summed E-state index contributed by atoms with van der Waals surface area (Å²) in [6.07, 6.45) is 7.78. The third-order valence-electron chi connectivity index (χ3n) is 4.42. The third kappa shape index (κ3) is 3.82. The lowest BCUT2D eigenvalue weighted by atomic mass is 9.97. The Labute approximate surface area is 141 Å². The van der Waals surface area contributed by atoms with Gasteiger partial charge < -0.3 is 10.6 Å². The Morgan fingerprint density at radius 1 is 1.21 bits per heavy atom. The van der Waals surface area contributed by atoms with E-state index < -0.39 is 6.04 Å². The minimum absolute atomic E-state index is 0.149. The van der Waals surface area contributed by atoms with E-state index in [1.54, 1.807) is 10.9 Å². The molecule has 1 saturated carbocycles. The molecular formula is C18H22N4O2. The number of carbonyl (C=O) groups is 2. The Morgan fingerprint density at radius 2 is 1.92 bits per heavy atom. The molecule has 2 N–H and O–H groups in total. The summed E-state index contributed by atoms with van der Waals surface area (Å²) >= 11 is 0. The van der Waals surface area contributed by atoms with Crippen molar-refractivity contribution in [1.82, 2.24) is 15.1 Å². The van der Waals surface area contributed by atoms with E-state index in [9.17, 15) is 9.59 Å². The Kier molecular flexibility index (Phi) is 4.93.